The summed E-state index contributed by atoms with van der Waals surface area (Å²) in [6.45, 7) is 0. The largest absolute Gasteiger partial charge is 0.240 e. The van der Waals surface area contributed by atoms with E-state index in [9.17, 15) is 16.8 Å². The first-order chi connectivity index (χ1) is 16.6. The van der Waals surface area contributed by atoms with E-state index in [1.807, 2.05) is 0 Å². The molecule has 10 heteroatoms. The average Bonchev–Trinajstić information content (AvgIpc) is 2.82. The van der Waals surface area contributed by atoms with Crippen molar-refractivity contribution in [3.8, 4) is 0 Å². The van der Waals surface area contributed by atoms with Crippen LogP contribution in [0.2, 0.25) is 10.0 Å². The van der Waals surface area contributed by atoms with Crippen molar-refractivity contribution < 1.29 is 16.8 Å². The molecule has 0 heterocycles. The molecule has 2 fully saturated rings. The Morgan fingerprint density at radius 1 is 0.571 bits per heavy atom. The second-order valence-electron chi connectivity index (χ2n) is 9.82. The van der Waals surface area contributed by atoms with Crippen molar-refractivity contribution in [3.63, 3.8) is 0 Å². The lowest BCUT2D eigenvalue weighted by atomic mass is 9.76. The number of halogens is 2. The molecule has 35 heavy (non-hydrogen) atoms. The van der Waals surface area contributed by atoms with Crippen LogP contribution in [0, 0.1) is 11.8 Å². The Bertz CT molecular complexity index is 1090. The van der Waals surface area contributed by atoms with E-state index in [4.69, 9.17) is 23.2 Å². The van der Waals surface area contributed by atoms with E-state index in [1.165, 1.54) is 24.3 Å². The maximum Gasteiger partial charge on any atom is 0.240 e. The van der Waals surface area contributed by atoms with Crippen molar-refractivity contribution in [2.75, 3.05) is 0 Å². The van der Waals surface area contributed by atoms with E-state index in [0.29, 0.717) is 21.9 Å². The summed E-state index contributed by atoms with van der Waals surface area (Å²) in [7, 11) is -7.07. The highest BCUT2D eigenvalue weighted by atomic mass is 35.5. The summed E-state index contributed by atoms with van der Waals surface area (Å²) >= 11 is 11.7. The molecule has 2 aliphatic rings. The predicted molar refractivity (Wildman–Crippen MR) is 140 cm³/mol. The second kappa shape index (κ2) is 11.5. The third-order valence-corrected chi connectivity index (χ3v) is 10.8. The maximum absolute atomic E-state index is 12.6. The molecule has 4 rings (SSSR count). The summed E-state index contributed by atoms with van der Waals surface area (Å²) in [5, 5.41) is 1.02. The fraction of sp³-hybridized carbons (Fsp3) is 0.520. The van der Waals surface area contributed by atoms with Gasteiger partial charge in [-0.2, -0.15) is 0 Å². The molecule has 0 aromatic heterocycles. The van der Waals surface area contributed by atoms with E-state index < -0.39 is 20.0 Å². The van der Waals surface area contributed by atoms with Crippen LogP contribution in [0.15, 0.2) is 58.3 Å². The molecule has 0 unspecified atom stereocenters. The molecule has 2 aromatic rings. The lowest BCUT2D eigenvalue weighted by molar-refractivity contribution is 0.218. The van der Waals surface area contributed by atoms with Gasteiger partial charge in [-0.15, -0.1) is 0 Å². The molecule has 192 valence electrons. The molecular weight excluding hydrogens is 527 g/mol. The zero-order chi connectivity index (χ0) is 25.1. The van der Waals surface area contributed by atoms with Crippen molar-refractivity contribution in [2.45, 2.75) is 79.7 Å². The molecule has 2 saturated carbocycles. The van der Waals surface area contributed by atoms with Gasteiger partial charge in [0.25, 0.3) is 0 Å². The number of nitrogens with one attached hydrogen (secondary N) is 2. The van der Waals surface area contributed by atoms with Gasteiger partial charge in [-0.1, -0.05) is 23.2 Å². The van der Waals surface area contributed by atoms with Gasteiger partial charge < -0.3 is 0 Å². The number of hydrogen-bond acceptors (Lipinski definition) is 4. The Kier molecular flexibility index (Phi) is 8.82. The topological polar surface area (TPSA) is 92.3 Å². The van der Waals surface area contributed by atoms with Gasteiger partial charge in [0, 0.05) is 22.1 Å². The van der Waals surface area contributed by atoms with Gasteiger partial charge >= 0.3 is 0 Å². The first-order valence-electron chi connectivity index (χ1n) is 12.2. The molecular formula is C25H32Cl2N2O4S2. The van der Waals surface area contributed by atoms with Gasteiger partial charge in [-0.05, 0) is 118 Å². The van der Waals surface area contributed by atoms with Crippen LogP contribution in [0.5, 0.6) is 0 Å². The minimum Gasteiger partial charge on any atom is -0.208 e. The number of rotatable bonds is 8. The Hall–Kier alpha value is -1.16. The van der Waals surface area contributed by atoms with Crippen LogP contribution in [-0.2, 0) is 20.0 Å². The van der Waals surface area contributed by atoms with Crippen LogP contribution in [0.3, 0.4) is 0 Å². The van der Waals surface area contributed by atoms with Gasteiger partial charge in [0.15, 0.2) is 0 Å². The van der Waals surface area contributed by atoms with E-state index in [0.717, 1.165) is 57.8 Å². The molecule has 2 aromatic carbocycles. The molecule has 0 bridgehead atoms. The molecule has 2 N–H and O–H groups in total. The first-order valence-corrected chi connectivity index (χ1v) is 15.9. The lowest BCUT2D eigenvalue weighted by Crippen LogP contribution is -2.39. The van der Waals surface area contributed by atoms with Crippen LogP contribution in [0.1, 0.15) is 57.8 Å². The third kappa shape index (κ3) is 7.43. The van der Waals surface area contributed by atoms with Gasteiger partial charge in [0.05, 0.1) is 9.79 Å². The van der Waals surface area contributed by atoms with Gasteiger partial charge in [-0.25, -0.2) is 26.3 Å². The quantitative estimate of drug-likeness (QED) is 0.430. The molecule has 0 aliphatic heterocycles. The third-order valence-electron chi connectivity index (χ3n) is 7.25. The maximum atomic E-state index is 12.6. The Labute approximate surface area is 218 Å². The number of sulfonamides is 2. The zero-order valence-corrected chi connectivity index (χ0v) is 22.6. The monoisotopic (exact) mass is 558 g/mol. The molecule has 6 nitrogen and oxygen atoms in total. The van der Waals surface area contributed by atoms with E-state index in [-0.39, 0.29) is 21.9 Å². The Morgan fingerprint density at radius 3 is 1.20 bits per heavy atom. The van der Waals surface area contributed by atoms with Gasteiger partial charge in [0.1, 0.15) is 0 Å². The SMILES string of the molecule is O=S(=O)(NC1CCC(CC2CCC(NS(=O)(=O)c3ccc(Cl)cc3)CC2)CC1)c1ccc(Cl)cc1. The highest BCUT2D eigenvalue weighted by Crippen LogP contribution is 2.36. The van der Waals surface area contributed by atoms with Crippen LogP contribution < -0.4 is 9.44 Å². The molecule has 0 radical (unpaired) electrons. The van der Waals surface area contributed by atoms with E-state index in [2.05, 4.69) is 9.44 Å². The summed E-state index contributed by atoms with van der Waals surface area (Å²) in [5.74, 6) is 1.19. The summed E-state index contributed by atoms with van der Waals surface area (Å²) in [6, 6.07) is 12.4. The number of benzene rings is 2. The predicted octanol–water partition coefficient (Wildman–Crippen LogP) is 5.76. The van der Waals surface area contributed by atoms with Crippen molar-refractivity contribution >= 4 is 43.2 Å². The number of hydrogen-bond donors (Lipinski definition) is 2. The molecule has 0 atom stereocenters. The highest BCUT2D eigenvalue weighted by molar-refractivity contribution is 7.89. The van der Waals surface area contributed by atoms with Crippen LogP contribution in [-0.4, -0.2) is 28.9 Å². The highest BCUT2D eigenvalue weighted by Gasteiger charge is 2.30. The Morgan fingerprint density at radius 2 is 0.886 bits per heavy atom. The van der Waals surface area contributed by atoms with Crippen molar-refractivity contribution in [2.24, 2.45) is 11.8 Å². The molecule has 2 aliphatic carbocycles. The average molecular weight is 560 g/mol. The molecule has 0 saturated heterocycles. The summed E-state index contributed by atoms with van der Waals surface area (Å²) in [4.78, 5) is 0.486. The first kappa shape index (κ1) is 26.9. The van der Waals surface area contributed by atoms with Gasteiger partial charge in [-0.3, -0.25) is 0 Å². The van der Waals surface area contributed by atoms with E-state index >= 15 is 0 Å². The van der Waals surface area contributed by atoms with Crippen LogP contribution in [0.25, 0.3) is 0 Å². The second-order valence-corrected chi connectivity index (χ2v) is 14.1. The summed E-state index contributed by atoms with van der Waals surface area (Å²) in [5.41, 5.74) is 0. The van der Waals surface area contributed by atoms with E-state index in [1.54, 1.807) is 24.3 Å². The minimum absolute atomic E-state index is 0.0371. The zero-order valence-electron chi connectivity index (χ0n) is 19.5. The van der Waals surface area contributed by atoms with Crippen LogP contribution in [0.4, 0.5) is 0 Å². The normalized spacial score (nSPS) is 25.9. The standard InChI is InChI=1S/C25H32Cl2N2O4S2/c26-20-5-13-24(14-6-20)34(30,31)28-22-9-1-18(2-10-22)17-19-3-11-23(12-4-19)29-35(32,33)25-15-7-21(27)8-16-25/h5-8,13-16,18-19,22-23,28-29H,1-4,9-12,17H2. The fourth-order valence-corrected chi connectivity index (χ4v) is 8.17. The summed E-state index contributed by atoms with van der Waals surface area (Å²) in [6.07, 6.45) is 8.54. The minimum atomic E-state index is -3.54. The van der Waals surface area contributed by atoms with Gasteiger partial charge in [0.2, 0.25) is 20.0 Å². The van der Waals surface area contributed by atoms with Crippen molar-refractivity contribution in [1.29, 1.82) is 0 Å². The summed E-state index contributed by atoms with van der Waals surface area (Å²) < 4.78 is 56.3. The Balaban J connectivity index is 1.19. The molecule has 0 spiro atoms. The van der Waals surface area contributed by atoms with Crippen molar-refractivity contribution in [1.82, 2.24) is 9.44 Å². The van der Waals surface area contributed by atoms with Crippen LogP contribution >= 0.6 is 23.2 Å². The van der Waals surface area contributed by atoms with Crippen molar-refractivity contribution in [3.05, 3.63) is 58.6 Å². The fourth-order valence-electron chi connectivity index (χ4n) is 5.31. The molecule has 0 amide bonds. The lowest BCUT2D eigenvalue weighted by Gasteiger charge is -2.34. The smallest absolute Gasteiger partial charge is 0.208 e.